The molecule has 0 saturated carbocycles. The van der Waals surface area contributed by atoms with Crippen molar-refractivity contribution < 1.29 is 9.59 Å². The number of rotatable bonds is 11. The molecule has 0 bridgehead atoms. The molecule has 0 aliphatic heterocycles. The highest BCUT2D eigenvalue weighted by Gasteiger charge is 2.16. The molecule has 1 heterocycles. The average molecular weight is 408 g/mol. The second-order valence-corrected chi connectivity index (χ2v) is 6.76. The van der Waals surface area contributed by atoms with Crippen molar-refractivity contribution in [2.45, 2.75) is 39.7 Å². The van der Waals surface area contributed by atoms with E-state index in [1.165, 1.54) is 0 Å². The van der Waals surface area contributed by atoms with Gasteiger partial charge in [-0.05, 0) is 37.6 Å². The summed E-state index contributed by atoms with van der Waals surface area (Å²) in [5, 5.41) is 11.7. The summed E-state index contributed by atoms with van der Waals surface area (Å²) in [4.78, 5) is 33.0. The molecular formula is C23H29N5O2. The number of nitriles is 1. The lowest BCUT2D eigenvalue weighted by Crippen LogP contribution is -2.33. The van der Waals surface area contributed by atoms with Crippen LogP contribution in [0.5, 0.6) is 0 Å². The molecule has 2 amide bonds. The van der Waals surface area contributed by atoms with E-state index in [1.54, 1.807) is 11.1 Å². The third kappa shape index (κ3) is 6.89. The summed E-state index contributed by atoms with van der Waals surface area (Å²) in [6, 6.07) is 15.2. The zero-order valence-corrected chi connectivity index (χ0v) is 17.7. The molecule has 0 aliphatic carbocycles. The standard InChI is InChI=1S/C23H29N5O2/c1-3-27(4-2)21-12-11-19(17-25-21)18-26-22(29)13-14-23(30)28(16-8-15-24)20-9-6-5-7-10-20/h5-7,9-12,17H,3-4,8,13-14,16,18H2,1-2H3,(H,26,29). The molecule has 0 unspecified atom stereocenters. The molecule has 1 N–H and O–H groups in total. The average Bonchev–Trinajstić information content (AvgIpc) is 2.79. The van der Waals surface area contributed by atoms with Crippen molar-refractivity contribution in [1.82, 2.24) is 10.3 Å². The molecular weight excluding hydrogens is 378 g/mol. The maximum Gasteiger partial charge on any atom is 0.227 e. The molecule has 0 saturated heterocycles. The van der Waals surface area contributed by atoms with Gasteiger partial charge >= 0.3 is 0 Å². The fourth-order valence-electron chi connectivity index (χ4n) is 3.07. The minimum absolute atomic E-state index is 0.0886. The zero-order valence-electron chi connectivity index (χ0n) is 17.7. The fourth-order valence-corrected chi connectivity index (χ4v) is 3.07. The van der Waals surface area contributed by atoms with Crippen molar-refractivity contribution in [3.05, 3.63) is 54.2 Å². The monoisotopic (exact) mass is 407 g/mol. The molecule has 30 heavy (non-hydrogen) atoms. The van der Waals surface area contributed by atoms with Crippen LogP contribution < -0.4 is 15.1 Å². The number of nitrogens with zero attached hydrogens (tertiary/aromatic N) is 4. The van der Waals surface area contributed by atoms with E-state index in [9.17, 15) is 9.59 Å². The number of aromatic nitrogens is 1. The molecule has 2 aromatic rings. The van der Waals surface area contributed by atoms with Gasteiger partial charge in [0.05, 0.1) is 12.5 Å². The first-order valence-electron chi connectivity index (χ1n) is 10.3. The van der Waals surface area contributed by atoms with Crippen molar-refractivity contribution in [2.24, 2.45) is 0 Å². The van der Waals surface area contributed by atoms with Crippen LogP contribution in [0.2, 0.25) is 0 Å². The van der Waals surface area contributed by atoms with E-state index in [4.69, 9.17) is 5.26 Å². The van der Waals surface area contributed by atoms with Crippen molar-refractivity contribution in [2.75, 3.05) is 29.4 Å². The Balaban J connectivity index is 1.84. The van der Waals surface area contributed by atoms with Crippen LogP contribution in [0.15, 0.2) is 48.7 Å². The third-order valence-corrected chi connectivity index (χ3v) is 4.77. The van der Waals surface area contributed by atoms with E-state index in [0.717, 1.165) is 30.2 Å². The molecule has 0 atom stereocenters. The van der Waals surface area contributed by atoms with Gasteiger partial charge < -0.3 is 15.1 Å². The fraction of sp³-hybridized carbons (Fsp3) is 0.391. The van der Waals surface area contributed by atoms with Crippen LogP contribution >= 0.6 is 0 Å². The highest BCUT2D eigenvalue weighted by molar-refractivity contribution is 5.95. The molecule has 7 heteroatoms. The Morgan fingerprint density at radius 1 is 1.07 bits per heavy atom. The Kier molecular flexibility index (Phi) is 9.32. The van der Waals surface area contributed by atoms with Gasteiger partial charge in [0, 0.05) is 50.9 Å². The predicted molar refractivity (Wildman–Crippen MR) is 118 cm³/mol. The number of amides is 2. The van der Waals surface area contributed by atoms with Gasteiger partial charge in [0.25, 0.3) is 0 Å². The van der Waals surface area contributed by atoms with E-state index in [-0.39, 0.29) is 31.1 Å². The first kappa shape index (κ1) is 22.9. The number of anilines is 2. The number of para-hydroxylation sites is 1. The molecule has 0 aliphatic rings. The first-order valence-corrected chi connectivity index (χ1v) is 10.3. The highest BCUT2D eigenvalue weighted by Crippen LogP contribution is 2.16. The van der Waals surface area contributed by atoms with Crippen LogP contribution in [-0.2, 0) is 16.1 Å². The van der Waals surface area contributed by atoms with E-state index >= 15 is 0 Å². The van der Waals surface area contributed by atoms with E-state index in [0.29, 0.717) is 13.1 Å². The maximum atomic E-state index is 12.6. The third-order valence-electron chi connectivity index (χ3n) is 4.77. The SMILES string of the molecule is CCN(CC)c1ccc(CNC(=O)CCC(=O)N(CCC#N)c2ccccc2)cn1. The summed E-state index contributed by atoms with van der Waals surface area (Å²) in [7, 11) is 0. The lowest BCUT2D eigenvalue weighted by Gasteiger charge is -2.21. The van der Waals surface area contributed by atoms with E-state index in [2.05, 4.69) is 35.1 Å². The summed E-state index contributed by atoms with van der Waals surface area (Å²) in [5.41, 5.74) is 1.64. The van der Waals surface area contributed by atoms with Crippen molar-refractivity contribution in [3.8, 4) is 6.07 Å². The van der Waals surface area contributed by atoms with Crippen LogP contribution in [0.1, 0.15) is 38.7 Å². The van der Waals surface area contributed by atoms with Gasteiger partial charge in [0.2, 0.25) is 11.8 Å². The lowest BCUT2D eigenvalue weighted by atomic mass is 10.2. The van der Waals surface area contributed by atoms with Crippen molar-refractivity contribution in [1.29, 1.82) is 5.26 Å². The Labute approximate surface area is 178 Å². The minimum atomic E-state index is -0.190. The Hall–Kier alpha value is -3.40. The van der Waals surface area contributed by atoms with Gasteiger partial charge in [0.15, 0.2) is 0 Å². The summed E-state index contributed by atoms with van der Waals surface area (Å²) in [5.74, 6) is 0.556. The molecule has 0 fully saturated rings. The second-order valence-electron chi connectivity index (χ2n) is 6.76. The number of carbonyl (C=O) groups excluding carboxylic acids is 2. The van der Waals surface area contributed by atoms with Crippen LogP contribution in [0, 0.1) is 11.3 Å². The van der Waals surface area contributed by atoms with Crippen LogP contribution in [0.3, 0.4) is 0 Å². The van der Waals surface area contributed by atoms with Gasteiger partial charge in [-0.25, -0.2) is 4.98 Å². The van der Waals surface area contributed by atoms with Gasteiger partial charge in [-0.2, -0.15) is 5.26 Å². The number of benzene rings is 1. The first-order chi connectivity index (χ1) is 14.6. The summed E-state index contributed by atoms with van der Waals surface area (Å²) >= 11 is 0. The number of pyridine rings is 1. The molecule has 0 spiro atoms. The van der Waals surface area contributed by atoms with E-state index < -0.39 is 0 Å². The molecule has 0 radical (unpaired) electrons. The summed E-state index contributed by atoms with van der Waals surface area (Å²) in [6.07, 6.45) is 2.19. The molecule has 1 aromatic carbocycles. The van der Waals surface area contributed by atoms with Crippen LogP contribution in [-0.4, -0.2) is 36.4 Å². The topological polar surface area (TPSA) is 89.3 Å². The lowest BCUT2D eigenvalue weighted by molar-refractivity contribution is -0.125. The number of hydrogen-bond acceptors (Lipinski definition) is 5. The van der Waals surface area contributed by atoms with Gasteiger partial charge in [-0.1, -0.05) is 24.3 Å². The Morgan fingerprint density at radius 3 is 2.40 bits per heavy atom. The molecule has 2 rings (SSSR count). The van der Waals surface area contributed by atoms with Crippen LogP contribution in [0.25, 0.3) is 0 Å². The minimum Gasteiger partial charge on any atom is -0.357 e. The van der Waals surface area contributed by atoms with Gasteiger partial charge in [0.1, 0.15) is 5.82 Å². The largest absolute Gasteiger partial charge is 0.357 e. The molecule has 1 aromatic heterocycles. The quantitative estimate of drug-likeness (QED) is 0.617. The van der Waals surface area contributed by atoms with Gasteiger partial charge in [-0.15, -0.1) is 0 Å². The van der Waals surface area contributed by atoms with Crippen LogP contribution in [0.4, 0.5) is 11.5 Å². The smallest absolute Gasteiger partial charge is 0.227 e. The summed E-state index contributed by atoms with van der Waals surface area (Å²) in [6.45, 7) is 6.63. The zero-order chi connectivity index (χ0) is 21.8. The number of carbonyl (C=O) groups is 2. The van der Waals surface area contributed by atoms with Crippen molar-refractivity contribution in [3.63, 3.8) is 0 Å². The Morgan fingerprint density at radius 2 is 1.80 bits per heavy atom. The normalized spacial score (nSPS) is 10.2. The highest BCUT2D eigenvalue weighted by atomic mass is 16.2. The van der Waals surface area contributed by atoms with E-state index in [1.807, 2.05) is 42.5 Å². The summed E-state index contributed by atoms with van der Waals surface area (Å²) < 4.78 is 0. The molecule has 158 valence electrons. The predicted octanol–water partition coefficient (Wildman–Crippen LogP) is 3.27. The number of nitrogens with one attached hydrogen (secondary N) is 1. The second kappa shape index (κ2) is 12.2. The van der Waals surface area contributed by atoms with Crippen molar-refractivity contribution >= 4 is 23.3 Å². The Bertz CT molecular complexity index is 842. The number of hydrogen-bond donors (Lipinski definition) is 1. The maximum absolute atomic E-state index is 12.6. The van der Waals surface area contributed by atoms with Gasteiger partial charge in [-0.3, -0.25) is 9.59 Å². The molecule has 7 nitrogen and oxygen atoms in total.